The molecule has 0 amide bonds. The number of aryl methyl sites for hydroxylation is 1. The van der Waals surface area contributed by atoms with Crippen LogP contribution < -0.4 is 5.32 Å². The second kappa shape index (κ2) is 4.43. The lowest BCUT2D eigenvalue weighted by Gasteiger charge is -2.23. The largest absolute Gasteiger partial charge is 0.373 e. The Kier molecular flexibility index (Phi) is 3.24. The molecule has 1 aromatic carbocycles. The molecule has 0 spiro atoms. The van der Waals surface area contributed by atoms with Crippen molar-refractivity contribution < 1.29 is 0 Å². The Bertz CT molecular complexity index is 597. The first-order valence-corrected chi connectivity index (χ1v) is 6.50. The lowest BCUT2D eigenvalue weighted by molar-refractivity contribution is 0.591. The molecule has 0 unspecified atom stereocenters. The minimum absolute atomic E-state index is 0.0343. The van der Waals surface area contributed by atoms with Crippen molar-refractivity contribution in [2.24, 2.45) is 0 Å². The fourth-order valence-electron chi connectivity index (χ4n) is 2.13. The Balaban J connectivity index is 2.86. The molecule has 0 saturated carbocycles. The van der Waals surface area contributed by atoms with Crippen LogP contribution in [0.25, 0.3) is 10.9 Å². The number of anilines is 1. The van der Waals surface area contributed by atoms with Crippen LogP contribution in [0.1, 0.15) is 31.9 Å². The van der Waals surface area contributed by atoms with E-state index in [1.807, 2.05) is 19.2 Å². The van der Waals surface area contributed by atoms with Gasteiger partial charge in [-0.15, -0.1) is 0 Å². The third-order valence-corrected chi connectivity index (χ3v) is 3.51. The average molecular weight is 263 g/mol. The van der Waals surface area contributed by atoms with Crippen molar-refractivity contribution in [1.82, 2.24) is 4.98 Å². The zero-order chi connectivity index (χ0) is 13.5. The quantitative estimate of drug-likeness (QED) is 0.816. The average Bonchev–Trinajstić information content (AvgIpc) is 2.31. The summed E-state index contributed by atoms with van der Waals surface area (Å²) in [5.74, 6) is 0.931. The summed E-state index contributed by atoms with van der Waals surface area (Å²) < 4.78 is 0. The van der Waals surface area contributed by atoms with Gasteiger partial charge >= 0.3 is 0 Å². The van der Waals surface area contributed by atoms with Crippen molar-refractivity contribution >= 4 is 28.3 Å². The van der Waals surface area contributed by atoms with E-state index in [1.54, 1.807) is 0 Å². The molecule has 2 rings (SSSR count). The summed E-state index contributed by atoms with van der Waals surface area (Å²) in [5, 5.41) is 4.98. The van der Waals surface area contributed by atoms with Crippen molar-refractivity contribution in [1.29, 1.82) is 0 Å². The fraction of sp³-hybridized carbons (Fsp3) is 0.400. The van der Waals surface area contributed by atoms with Crippen molar-refractivity contribution in [3.63, 3.8) is 0 Å². The van der Waals surface area contributed by atoms with E-state index in [-0.39, 0.29) is 5.41 Å². The molecule has 2 nitrogen and oxygen atoms in total. The molecular weight excluding hydrogens is 244 g/mol. The molecule has 0 aliphatic rings. The van der Waals surface area contributed by atoms with Gasteiger partial charge in [0.05, 0.1) is 5.52 Å². The number of hydrogen-bond donors (Lipinski definition) is 1. The van der Waals surface area contributed by atoms with Gasteiger partial charge in [0.1, 0.15) is 5.82 Å². The van der Waals surface area contributed by atoms with Crippen LogP contribution in [-0.2, 0) is 5.41 Å². The molecule has 96 valence electrons. The monoisotopic (exact) mass is 262 g/mol. The molecule has 0 atom stereocenters. The second-order valence-corrected chi connectivity index (χ2v) is 6.05. The third kappa shape index (κ3) is 2.17. The van der Waals surface area contributed by atoms with E-state index in [2.05, 4.69) is 39.1 Å². The van der Waals surface area contributed by atoms with Crippen LogP contribution >= 0.6 is 11.6 Å². The number of hydrogen-bond acceptors (Lipinski definition) is 2. The highest BCUT2D eigenvalue weighted by Gasteiger charge is 2.20. The van der Waals surface area contributed by atoms with Gasteiger partial charge in [-0.05, 0) is 30.0 Å². The van der Waals surface area contributed by atoms with E-state index in [0.29, 0.717) is 0 Å². The van der Waals surface area contributed by atoms with Gasteiger partial charge in [0.15, 0.2) is 0 Å². The number of halogens is 1. The maximum Gasteiger partial charge on any atom is 0.130 e. The first-order valence-electron chi connectivity index (χ1n) is 6.12. The molecule has 0 radical (unpaired) electrons. The number of nitrogens with zero attached hydrogens (tertiary/aromatic N) is 1. The minimum atomic E-state index is 0.0343. The van der Waals surface area contributed by atoms with Crippen LogP contribution in [0.5, 0.6) is 0 Å². The van der Waals surface area contributed by atoms with E-state index in [9.17, 15) is 0 Å². The molecule has 0 aliphatic heterocycles. The normalized spacial score (nSPS) is 11.9. The topological polar surface area (TPSA) is 24.9 Å². The summed E-state index contributed by atoms with van der Waals surface area (Å²) in [6.45, 7) is 8.60. The van der Waals surface area contributed by atoms with Crippen LogP contribution in [0.2, 0.25) is 5.02 Å². The maximum atomic E-state index is 6.29. The molecule has 1 aromatic heterocycles. The first kappa shape index (κ1) is 13.2. The zero-order valence-corrected chi connectivity index (χ0v) is 12.3. The summed E-state index contributed by atoms with van der Waals surface area (Å²) in [6, 6.07) is 6.10. The molecule has 0 fully saturated rings. The van der Waals surface area contributed by atoms with Gasteiger partial charge in [0.25, 0.3) is 0 Å². The van der Waals surface area contributed by atoms with Crippen LogP contribution in [0.15, 0.2) is 18.2 Å². The number of pyridine rings is 1. The van der Waals surface area contributed by atoms with Crippen LogP contribution in [0.3, 0.4) is 0 Å². The summed E-state index contributed by atoms with van der Waals surface area (Å²) in [6.07, 6.45) is 0. The standard InChI is InChI=1S/C15H19ClN2/c1-9-6-7-12(16)10-8-11(15(2,3)4)14(17-5)18-13(9)10/h6-8H,1-5H3,(H,17,18). The Hall–Kier alpha value is -1.28. The van der Waals surface area contributed by atoms with Gasteiger partial charge in [-0.25, -0.2) is 4.98 Å². The molecule has 0 saturated heterocycles. The molecule has 2 aromatic rings. The fourth-order valence-corrected chi connectivity index (χ4v) is 2.33. The third-order valence-electron chi connectivity index (χ3n) is 3.18. The SMILES string of the molecule is CNc1nc2c(C)ccc(Cl)c2cc1C(C)(C)C. The van der Waals surface area contributed by atoms with Gasteiger partial charge in [-0.3, -0.25) is 0 Å². The van der Waals surface area contributed by atoms with E-state index in [4.69, 9.17) is 16.6 Å². The Morgan fingerprint density at radius 3 is 2.44 bits per heavy atom. The molecule has 3 heteroatoms. The van der Waals surface area contributed by atoms with Crippen molar-refractivity contribution in [3.05, 3.63) is 34.3 Å². The van der Waals surface area contributed by atoms with Gasteiger partial charge < -0.3 is 5.32 Å². The molecule has 1 heterocycles. The van der Waals surface area contributed by atoms with E-state index in [1.165, 1.54) is 5.56 Å². The van der Waals surface area contributed by atoms with Gasteiger partial charge in [0.2, 0.25) is 0 Å². The molecule has 0 aliphatic carbocycles. The highest BCUT2D eigenvalue weighted by Crippen LogP contribution is 2.34. The number of fused-ring (bicyclic) bond motifs is 1. The molecule has 18 heavy (non-hydrogen) atoms. The van der Waals surface area contributed by atoms with Crippen LogP contribution in [0, 0.1) is 6.92 Å². The van der Waals surface area contributed by atoms with Crippen molar-refractivity contribution in [3.8, 4) is 0 Å². The maximum absolute atomic E-state index is 6.29. The number of benzene rings is 1. The first-order chi connectivity index (χ1) is 8.34. The van der Waals surface area contributed by atoms with E-state index >= 15 is 0 Å². The second-order valence-electron chi connectivity index (χ2n) is 5.64. The molecular formula is C15H19ClN2. The lowest BCUT2D eigenvalue weighted by Crippen LogP contribution is -2.15. The smallest absolute Gasteiger partial charge is 0.130 e. The van der Waals surface area contributed by atoms with Gasteiger partial charge in [-0.1, -0.05) is 38.4 Å². The van der Waals surface area contributed by atoms with Crippen LogP contribution in [-0.4, -0.2) is 12.0 Å². The summed E-state index contributed by atoms with van der Waals surface area (Å²) in [5.41, 5.74) is 3.34. The lowest BCUT2D eigenvalue weighted by atomic mass is 9.86. The van der Waals surface area contributed by atoms with Crippen molar-refractivity contribution in [2.75, 3.05) is 12.4 Å². The Morgan fingerprint density at radius 1 is 1.22 bits per heavy atom. The predicted molar refractivity (Wildman–Crippen MR) is 79.7 cm³/mol. The summed E-state index contributed by atoms with van der Waals surface area (Å²) in [4.78, 5) is 4.72. The number of rotatable bonds is 1. The Morgan fingerprint density at radius 2 is 1.89 bits per heavy atom. The van der Waals surface area contributed by atoms with Crippen LogP contribution in [0.4, 0.5) is 5.82 Å². The summed E-state index contributed by atoms with van der Waals surface area (Å²) in [7, 11) is 1.91. The molecule has 1 N–H and O–H groups in total. The highest BCUT2D eigenvalue weighted by molar-refractivity contribution is 6.35. The zero-order valence-electron chi connectivity index (χ0n) is 11.6. The number of aromatic nitrogens is 1. The Labute approximate surface area is 113 Å². The minimum Gasteiger partial charge on any atom is -0.373 e. The highest BCUT2D eigenvalue weighted by atomic mass is 35.5. The predicted octanol–water partition coefficient (Wildman–Crippen LogP) is 4.54. The van der Waals surface area contributed by atoms with Crippen molar-refractivity contribution in [2.45, 2.75) is 33.1 Å². The van der Waals surface area contributed by atoms with Gasteiger partial charge in [0, 0.05) is 23.0 Å². The van der Waals surface area contributed by atoms with E-state index < -0.39 is 0 Å². The molecule has 0 bridgehead atoms. The van der Waals surface area contributed by atoms with Gasteiger partial charge in [-0.2, -0.15) is 0 Å². The number of nitrogens with one attached hydrogen (secondary N) is 1. The van der Waals surface area contributed by atoms with E-state index in [0.717, 1.165) is 27.3 Å². The summed E-state index contributed by atoms with van der Waals surface area (Å²) >= 11 is 6.29.